The van der Waals surface area contributed by atoms with E-state index in [-0.39, 0.29) is 11.7 Å². The first-order valence-electron chi connectivity index (χ1n) is 7.65. The van der Waals surface area contributed by atoms with E-state index in [0.29, 0.717) is 18.8 Å². The monoisotopic (exact) mass is 312 g/mol. The Bertz CT molecular complexity index is 679. The standard InChI is InChI=1S/C19H21FN2O/c1-22(2)18-9-3-6-15(12-18)16(14-21)7-5-11-23-19-10-4-8-17(20)13-19/h3-4,6,8-10,12-13,16H,5,7,11H2,1-2H3. The molecule has 0 spiro atoms. The van der Waals surface area contributed by atoms with Crippen LogP contribution in [0.1, 0.15) is 24.3 Å². The number of anilines is 1. The van der Waals surface area contributed by atoms with Crippen molar-refractivity contribution < 1.29 is 9.13 Å². The largest absolute Gasteiger partial charge is 0.493 e. The van der Waals surface area contributed by atoms with Crippen molar-refractivity contribution in [3.8, 4) is 11.8 Å². The summed E-state index contributed by atoms with van der Waals surface area (Å²) in [4.78, 5) is 2.02. The summed E-state index contributed by atoms with van der Waals surface area (Å²) in [6, 6.07) is 16.5. The molecule has 0 bridgehead atoms. The number of ether oxygens (including phenoxy) is 1. The molecule has 2 aromatic carbocycles. The molecule has 0 heterocycles. The Morgan fingerprint density at radius 3 is 2.65 bits per heavy atom. The van der Waals surface area contributed by atoms with Crippen LogP contribution in [0.5, 0.6) is 5.75 Å². The molecule has 120 valence electrons. The molecule has 0 radical (unpaired) electrons. The molecule has 0 saturated carbocycles. The van der Waals surface area contributed by atoms with Gasteiger partial charge in [-0.15, -0.1) is 0 Å². The number of benzene rings is 2. The Balaban J connectivity index is 1.88. The smallest absolute Gasteiger partial charge is 0.126 e. The molecule has 0 saturated heterocycles. The maximum absolute atomic E-state index is 13.1. The van der Waals surface area contributed by atoms with E-state index in [1.54, 1.807) is 12.1 Å². The third-order valence-electron chi connectivity index (χ3n) is 3.65. The van der Waals surface area contributed by atoms with Crippen LogP contribution in [0.4, 0.5) is 10.1 Å². The molecule has 0 aromatic heterocycles. The zero-order valence-corrected chi connectivity index (χ0v) is 13.5. The molecule has 0 aliphatic rings. The molecule has 3 nitrogen and oxygen atoms in total. The molecule has 2 rings (SSSR count). The third kappa shape index (κ3) is 5.00. The minimum absolute atomic E-state index is 0.161. The molecule has 1 unspecified atom stereocenters. The summed E-state index contributed by atoms with van der Waals surface area (Å²) in [6.07, 6.45) is 1.45. The van der Waals surface area contributed by atoms with Gasteiger partial charge >= 0.3 is 0 Å². The van der Waals surface area contributed by atoms with Gasteiger partial charge in [-0.1, -0.05) is 18.2 Å². The lowest BCUT2D eigenvalue weighted by atomic mass is 9.95. The maximum atomic E-state index is 13.1. The molecular weight excluding hydrogens is 291 g/mol. The molecule has 23 heavy (non-hydrogen) atoms. The molecule has 0 amide bonds. The first kappa shape index (κ1) is 16.8. The van der Waals surface area contributed by atoms with Crippen molar-refractivity contribution in [2.75, 3.05) is 25.6 Å². The van der Waals surface area contributed by atoms with Gasteiger partial charge in [0.25, 0.3) is 0 Å². The lowest BCUT2D eigenvalue weighted by Crippen LogP contribution is -2.09. The van der Waals surface area contributed by atoms with Crippen molar-refractivity contribution in [1.29, 1.82) is 5.26 Å². The van der Waals surface area contributed by atoms with Crippen LogP contribution in [-0.2, 0) is 0 Å². The highest BCUT2D eigenvalue weighted by Gasteiger charge is 2.11. The minimum atomic E-state index is -0.307. The fourth-order valence-corrected chi connectivity index (χ4v) is 2.36. The fraction of sp³-hybridized carbons (Fsp3) is 0.316. The van der Waals surface area contributed by atoms with Crippen LogP contribution in [0.2, 0.25) is 0 Å². The van der Waals surface area contributed by atoms with Gasteiger partial charge in [-0.05, 0) is 42.7 Å². The van der Waals surface area contributed by atoms with E-state index >= 15 is 0 Å². The molecule has 1 atom stereocenters. The number of rotatable bonds is 7. The Morgan fingerprint density at radius 1 is 1.17 bits per heavy atom. The predicted octanol–water partition coefficient (Wildman–Crippen LogP) is 4.36. The van der Waals surface area contributed by atoms with Crippen LogP contribution >= 0.6 is 0 Å². The molecule has 0 fully saturated rings. The highest BCUT2D eigenvalue weighted by atomic mass is 19.1. The number of hydrogen-bond donors (Lipinski definition) is 0. The summed E-state index contributed by atoms with van der Waals surface area (Å²) in [7, 11) is 3.96. The van der Waals surface area contributed by atoms with Gasteiger partial charge < -0.3 is 9.64 Å². The van der Waals surface area contributed by atoms with E-state index in [1.807, 2.05) is 43.3 Å². The van der Waals surface area contributed by atoms with Crippen LogP contribution in [0.3, 0.4) is 0 Å². The number of nitriles is 1. The second-order valence-corrected chi connectivity index (χ2v) is 5.62. The topological polar surface area (TPSA) is 36.3 Å². The summed E-state index contributed by atoms with van der Waals surface area (Å²) < 4.78 is 18.6. The van der Waals surface area contributed by atoms with Gasteiger partial charge in [0, 0.05) is 25.8 Å². The molecular formula is C19H21FN2O. The second-order valence-electron chi connectivity index (χ2n) is 5.62. The van der Waals surface area contributed by atoms with E-state index in [9.17, 15) is 9.65 Å². The number of halogens is 1. The Hall–Kier alpha value is -2.54. The van der Waals surface area contributed by atoms with E-state index in [0.717, 1.165) is 17.7 Å². The molecule has 2 aromatic rings. The van der Waals surface area contributed by atoms with Gasteiger partial charge in [-0.25, -0.2) is 4.39 Å². The van der Waals surface area contributed by atoms with Crippen LogP contribution in [0.15, 0.2) is 48.5 Å². The molecule has 0 aliphatic carbocycles. The third-order valence-corrected chi connectivity index (χ3v) is 3.65. The highest BCUT2D eigenvalue weighted by molar-refractivity contribution is 5.48. The lowest BCUT2D eigenvalue weighted by molar-refractivity contribution is 0.303. The number of nitrogens with zero attached hydrogens (tertiary/aromatic N) is 2. The van der Waals surface area contributed by atoms with Crippen LogP contribution in [-0.4, -0.2) is 20.7 Å². The van der Waals surface area contributed by atoms with Gasteiger partial charge in [0.1, 0.15) is 11.6 Å². The summed E-state index contributed by atoms with van der Waals surface area (Å²) in [5.74, 6) is 0.0528. The van der Waals surface area contributed by atoms with Crippen LogP contribution in [0.25, 0.3) is 0 Å². The van der Waals surface area contributed by atoms with E-state index < -0.39 is 0 Å². The van der Waals surface area contributed by atoms with E-state index in [1.165, 1.54) is 12.1 Å². The Morgan fingerprint density at radius 2 is 1.96 bits per heavy atom. The molecule has 0 aliphatic heterocycles. The Kier molecular flexibility index (Phi) is 5.99. The minimum Gasteiger partial charge on any atom is -0.493 e. The fourth-order valence-electron chi connectivity index (χ4n) is 2.36. The molecule has 0 N–H and O–H groups in total. The quantitative estimate of drug-likeness (QED) is 0.713. The van der Waals surface area contributed by atoms with Crippen LogP contribution < -0.4 is 9.64 Å². The molecule has 4 heteroatoms. The van der Waals surface area contributed by atoms with Gasteiger partial charge in [0.05, 0.1) is 18.6 Å². The predicted molar refractivity (Wildman–Crippen MR) is 90.3 cm³/mol. The van der Waals surface area contributed by atoms with Crippen molar-refractivity contribution in [2.24, 2.45) is 0 Å². The lowest BCUT2D eigenvalue weighted by Gasteiger charge is -2.16. The Labute approximate surface area is 136 Å². The van der Waals surface area contributed by atoms with Gasteiger partial charge in [0.2, 0.25) is 0 Å². The van der Waals surface area contributed by atoms with Crippen molar-refractivity contribution in [3.63, 3.8) is 0 Å². The average Bonchev–Trinajstić information content (AvgIpc) is 2.55. The van der Waals surface area contributed by atoms with Crippen molar-refractivity contribution >= 4 is 5.69 Å². The van der Waals surface area contributed by atoms with E-state index in [4.69, 9.17) is 4.74 Å². The van der Waals surface area contributed by atoms with Crippen molar-refractivity contribution in [1.82, 2.24) is 0 Å². The SMILES string of the molecule is CN(C)c1cccc(C(C#N)CCCOc2cccc(F)c2)c1. The summed E-state index contributed by atoms with van der Waals surface area (Å²) in [5, 5.41) is 9.41. The van der Waals surface area contributed by atoms with Gasteiger partial charge in [-0.3, -0.25) is 0 Å². The first-order valence-corrected chi connectivity index (χ1v) is 7.65. The number of hydrogen-bond acceptors (Lipinski definition) is 3. The maximum Gasteiger partial charge on any atom is 0.126 e. The van der Waals surface area contributed by atoms with Gasteiger partial charge in [-0.2, -0.15) is 5.26 Å². The second kappa shape index (κ2) is 8.19. The summed E-state index contributed by atoms with van der Waals surface area (Å²) in [6.45, 7) is 0.467. The normalized spacial score (nSPS) is 11.6. The van der Waals surface area contributed by atoms with E-state index in [2.05, 4.69) is 6.07 Å². The first-order chi connectivity index (χ1) is 11.1. The zero-order valence-electron chi connectivity index (χ0n) is 13.5. The van der Waals surface area contributed by atoms with Crippen molar-refractivity contribution in [3.05, 3.63) is 59.9 Å². The zero-order chi connectivity index (χ0) is 16.7. The highest BCUT2D eigenvalue weighted by Crippen LogP contribution is 2.24. The average molecular weight is 312 g/mol. The summed E-state index contributed by atoms with van der Waals surface area (Å²) in [5.41, 5.74) is 2.10. The van der Waals surface area contributed by atoms with Crippen LogP contribution in [0, 0.1) is 17.1 Å². The summed E-state index contributed by atoms with van der Waals surface area (Å²) >= 11 is 0. The van der Waals surface area contributed by atoms with Gasteiger partial charge in [0.15, 0.2) is 0 Å². The van der Waals surface area contributed by atoms with Crippen molar-refractivity contribution in [2.45, 2.75) is 18.8 Å².